The Morgan fingerprint density at radius 3 is 2.59 bits per heavy atom. The van der Waals surface area contributed by atoms with Gasteiger partial charge in [0.1, 0.15) is 17.2 Å². The molecule has 0 atom stereocenters. The number of nitrogens with one attached hydrogen (secondary N) is 1. The number of halogens is 2. The van der Waals surface area contributed by atoms with Gasteiger partial charge in [0.2, 0.25) is 5.89 Å². The van der Waals surface area contributed by atoms with Gasteiger partial charge in [-0.1, -0.05) is 28.4 Å². The lowest BCUT2D eigenvalue weighted by atomic mass is 10.2. The number of nitrogens with zero attached hydrogens (tertiary/aromatic N) is 4. The van der Waals surface area contributed by atoms with E-state index in [2.05, 4.69) is 20.6 Å². The second kappa shape index (κ2) is 9.02. The molecule has 0 saturated carbocycles. The summed E-state index contributed by atoms with van der Waals surface area (Å²) in [6.45, 7) is 3.91. The number of amides is 1. The lowest BCUT2D eigenvalue weighted by molar-refractivity contribution is 0.102. The second-order valence-corrected chi connectivity index (χ2v) is 7.86. The minimum atomic E-state index is -0.395. The van der Waals surface area contributed by atoms with Crippen LogP contribution in [0.25, 0.3) is 11.5 Å². The molecule has 0 spiro atoms. The van der Waals surface area contributed by atoms with Gasteiger partial charge in [-0.25, -0.2) is 9.67 Å². The topological polar surface area (TPSA) is 95.1 Å². The first-order valence-corrected chi connectivity index (χ1v) is 10.4. The Morgan fingerprint density at radius 2 is 1.91 bits per heavy atom. The Balaban J connectivity index is 1.51. The summed E-state index contributed by atoms with van der Waals surface area (Å²) in [6, 6.07) is 12.2. The van der Waals surface area contributed by atoms with Crippen molar-refractivity contribution in [2.75, 3.05) is 12.4 Å². The minimum Gasteiger partial charge on any atom is -0.495 e. The van der Waals surface area contributed by atoms with Crippen LogP contribution in [0.3, 0.4) is 0 Å². The highest BCUT2D eigenvalue weighted by atomic mass is 35.5. The van der Waals surface area contributed by atoms with Crippen molar-refractivity contribution in [3.8, 4) is 17.2 Å². The third-order valence-corrected chi connectivity index (χ3v) is 5.44. The zero-order chi connectivity index (χ0) is 22.8. The fourth-order valence-corrected chi connectivity index (χ4v) is 3.47. The number of aromatic nitrogens is 4. The molecule has 0 aliphatic rings. The molecule has 1 amide bonds. The molecule has 4 aromatic rings. The Morgan fingerprint density at radius 1 is 1.16 bits per heavy atom. The van der Waals surface area contributed by atoms with Gasteiger partial charge in [-0.05, 0) is 56.3 Å². The fourth-order valence-electron chi connectivity index (χ4n) is 3.09. The number of oxazole rings is 1. The van der Waals surface area contributed by atoms with E-state index in [9.17, 15) is 4.79 Å². The van der Waals surface area contributed by atoms with E-state index >= 15 is 0 Å². The molecule has 4 rings (SSSR count). The Kier molecular flexibility index (Phi) is 6.16. The van der Waals surface area contributed by atoms with Crippen molar-refractivity contribution in [2.45, 2.75) is 20.4 Å². The molecule has 8 nitrogen and oxygen atoms in total. The van der Waals surface area contributed by atoms with E-state index in [1.807, 2.05) is 19.1 Å². The average molecular weight is 472 g/mol. The monoisotopic (exact) mass is 471 g/mol. The third kappa shape index (κ3) is 4.46. The van der Waals surface area contributed by atoms with E-state index in [-0.39, 0.29) is 5.69 Å². The molecule has 0 fully saturated rings. The van der Waals surface area contributed by atoms with Gasteiger partial charge >= 0.3 is 0 Å². The van der Waals surface area contributed by atoms with E-state index in [4.69, 9.17) is 32.4 Å². The summed E-state index contributed by atoms with van der Waals surface area (Å²) in [5.41, 5.74) is 2.83. The Labute approximate surface area is 194 Å². The first-order chi connectivity index (χ1) is 15.4. The number of rotatable bonds is 6. The Bertz CT molecular complexity index is 1280. The zero-order valence-corrected chi connectivity index (χ0v) is 19.0. The van der Waals surface area contributed by atoms with Gasteiger partial charge in [0, 0.05) is 16.3 Å². The zero-order valence-electron chi connectivity index (χ0n) is 17.5. The second-order valence-electron chi connectivity index (χ2n) is 7.01. The van der Waals surface area contributed by atoms with Crippen molar-refractivity contribution in [1.29, 1.82) is 0 Å². The largest absolute Gasteiger partial charge is 0.495 e. The first kappa shape index (κ1) is 21.9. The molecule has 0 aliphatic heterocycles. The highest BCUT2D eigenvalue weighted by molar-refractivity contribution is 6.32. The summed E-state index contributed by atoms with van der Waals surface area (Å²) in [6.07, 6.45) is 0. The van der Waals surface area contributed by atoms with Gasteiger partial charge < -0.3 is 14.5 Å². The fraction of sp³-hybridized carbons (Fsp3) is 0.182. The first-order valence-electron chi connectivity index (χ1n) is 9.63. The Hall–Kier alpha value is -3.36. The predicted octanol–water partition coefficient (Wildman–Crippen LogP) is 5.17. The van der Waals surface area contributed by atoms with Crippen LogP contribution >= 0.6 is 23.2 Å². The van der Waals surface area contributed by atoms with Crippen LogP contribution in [-0.2, 0) is 6.54 Å². The number of aryl methyl sites for hydroxylation is 1. The highest BCUT2D eigenvalue weighted by Gasteiger charge is 2.19. The van der Waals surface area contributed by atoms with Crippen LogP contribution in [0.5, 0.6) is 5.75 Å². The number of carbonyl (C=O) groups excluding carboxylic acids is 1. The van der Waals surface area contributed by atoms with Gasteiger partial charge in [0.25, 0.3) is 5.91 Å². The van der Waals surface area contributed by atoms with E-state index in [1.165, 1.54) is 7.11 Å². The van der Waals surface area contributed by atoms with Crippen LogP contribution in [-0.4, -0.2) is 33.0 Å². The minimum absolute atomic E-state index is 0.205. The van der Waals surface area contributed by atoms with Gasteiger partial charge in [0.15, 0.2) is 5.69 Å². The standard InChI is InChI=1S/C22H19Cl2N5O3/c1-12-20(21(30)25-16-8-9-19(31-3)17(24)10-16)27-28-29(12)11-18-13(2)32-22(26-18)14-4-6-15(23)7-5-14/h4-10H,11H2,1-3H3,(H,25,30). The van der Waals surface area contributed by atoms with Gasteiger partial charge in [-0.2, -0.15) is 0 Å². The summed E-state index contributed by atoms with van der Waals surface area (Å²) < 4.78 is 12.5. The maximum atomic E-state index is 12.7. The van der Waals surface area contributed by atoms with Gasteiger partial charge in [0.05, 0.1) is 24.4 Å². The van der Waals surface area contributed by atoms with Gasteiger partial charge in [-0.15, -0.1) is 5.10 Å². The van der Waals surface area contributed by atoms with E-state index in [0.717, 1.165) is 5.56 Å². The molecule has 32 heavy (non-hydrogen) atoms. The normalized spacial score (nSPS) is 10.9. The molecule has 2 aromatic carbocycles. The van der Waals surface area contributed by atoms with Crippen LogP contribution in [0.2, 0.25) is 10.0 Å². The van der Waals surface area contributed by atoms with Crippen molar-refractivity contribution in [3.63, 3.8) is 0 Å². The van der Waals surface area contributed by atoms with Crippen LogP contribution in [0.15, 0.2) is 46.9 Å². The number of ether oxygens (including phenoxy) is 1. The molecule has 0 bridgehead atoms. The van der Waals surface area contributed by atoms with Crippen LogP contribution in [0.4, 0.5) is 5.69 Å². The number of anilines is 1. The van der Waals surface area contributed by atoms with E-state index in [0.29, 0.717) is 51.1 Å². The summed E-state index contributed by atoms with van der Waals surface area (Å²) >= 11 is 12.1. The number of carbonyl (C=O) groups is 1. The average Bonchev–Trinajstić information content (AvgIpc) is 3.31. The van der Waals surface area contributed by atoms with Crippen molar-refractivity contribution < 1.29 is 13.9 Å². The molecular formula is C22H19Cl2N5O3. The lowest BCUT2D eigenvalue weighted by Crippen LogP contribution is -2.14. The van der Waals surface area contributed by atoms with Crippen molar-refractivity contribution >= 4 is 34.8 Å². The number of hydrogen-bond donors (Lipinski definition) is 1. The molecule has 2 aromatic heterocycles. The SMILES string of the molecule is COc1ccc(NC(=O)c2nnn(Cc3nc(-c4ccc(Cl)cc4)oc3C)c2C)cc1Cl. The van der Waals surface area contributed by atoms with Crippen molar-refractivity contribution in [3.05, 3.63) is 75.4 Å². The van der Waals surface area contributed by atoms with Gasteiger partial charge in [-0.3, -0.25) is 4.79 Å². The summed E-state index contributed by atoms with van der Waals surface area (Å²) in [5, 5.41) is 12.0. The van der Waals surface area contributed by atoms with E-state index < -0.39 is 5.91 Å². The van der Waals surface area contributed by atoms with Crippen LogP contribution < -0.4 is 10.1 Å². The highest BCUT2D eigenvalue weighted by Crippen LogP contribution is 2.28. The molecule has 0 radical (unpaired) electrons. The van der Waals surface area contributed by atoms with Crippen molar-refractivity contribution in [1.82, 2.24) is 20.0 Å². The molecule has 0 aliphatic carbocycles. The molecule has 1 N–H and O–H groups in total. The maximum absolute atomic E-state index is 12.7. The molecule has 0 unspecified atom stereocenters. The summed E-state index contributed by atoms with van der Waals surface area (Å²) in [7, 11) is 1.52. The summed E-state index contributed by atoms with van der Waals surface area (Å²) in [4.78, 5) is 17.3. The van der Waals surface area contributed by atoms with Crippen LogP contribution in [0.1, 0.15) is 27.6 Å². The molecule has 0 saturated heterocycles. The molecule has 2 heterocycles. The predicted molar refractivity (Wildman–Crippen MR) is 122 cm³/mol. The third-order valence-electron chi connectivity index (χ3n) is 4.89. The molecule has 10 heteroatoms. The van der Waals surface area contributed by atoms with Crippen molar-refractivity contribution in [2.24, 2.45) is 0 Å². The smallest absolute Gasteiger partial charge is 0.278 e. The lowest BCUT2D eigenvalue weighted by Gasteiger charge is -2.07. The number of methoxy groups -OCH3 is 1. The maximum Gasteiger partial charge on any atom is 0.278 e. The van der Waals surface area contributed by atoms with Crippen LogP contribution in [0, 0.1) is 13.8 Å². The molecule has 164 valence electrons. The molecular weight excluding hydrogens is 453 g/mol. The summed E-state index contributed by atoms with van der Waals surface area (Å²) in [5.74, 6) is 1.27. The van der Waals surface area contributed by atoms with E-state index in [1.54, 1.807) is 41.9 Å². The number of hydrogen-bond acceptors (Lipinski definition) is 6. The number of benzene rings is 2. The quantitative estimate of drug-likeness (QED) is 0.416.